The lowest BCUT2D eigenvalue weighted by molar-refractivity contribution is 0.0298. The zero-order chi connectivity index (χ0) is 19.7. The summed E-state index contributed by atoms with van der Waals surface area (Å²) in [7, 11) is 1.38. The van der Waals surface area contributed by atoms with Gasteiger partial charge < -0.3 is 19.3 Å². The second-order valence-electron chi connectivity index (χ2n) is 6.72. The average molecular weight is 388 g/mol. The summed E-state index contributed by atoms with van der Waals surface area (Å²) in [6, 6.07) is 5.89. The number of nitrogens with zero attached hydrogens (tertiary/aromatic N) is 4. The summed E-state index contributed by atoms with van der Waals surface area (Å²) in [6.45, 7) is 3.39. The third-order valence-electron chi connectivity index (χ3n) is 5.00. The SMILES string of the molecule is COc1ccc(C(=O)N2CCn3nc(C(=O)N4CCOCC4)cc3C2)cc1F. The molecule has 0 N–H and O–H groups in total. The zero-order valence-corrected chi connectivity index (χ0v) is 15.6. The van der Waals surface area contributed by atoms with Gasteiger partial charge in [-0.1, -0.05) is 0 Å². The number of rotatable bonds is 3. The number of morpholine rings is 1. The topological polar surface area (TPSA) is 76.9 Å². The Morgan fingerprint density at radius 2 is 1.86 bits per heavy atom. The van der Waals surface area contributed by atoms with Crippen LogP contribution >= 0.6 is 0 Å². The Bertz CT molecular complexity index is 907. The van der Waals surface area contributed by atoms with Gasteiger partial charge in [0.2, 0.25) is 0 Å². The van der Waals surface area contributed by atoms with Gasteiger partial charge in [0.05, 0.1) is 39.1 Å². The lowest BCUT2D eigenvalue weighted by Crippen LogP contribution is -2.41. The molecular weight excluding hydrogens is 367 g/mol. The molecule has 1 fully saturated rings. The van der Waals surface area contributed by atoms with Crippen molar-refractivity contribution in [2.75, 3.05) is 40.0 Å². The molecule has 0 radical (unpaired) electrons. The number of hydrogen-bond donors (Lipinski definition) is 0. The predicted molar refractivity (Wildman–Crippen MR) is 96.6 cm³/mol. The molecule has 3 heterocycles. The number of hydrogen-bond acceptors (Lipinski definition) is 5. The number of fused-ring (bicyclic) bond motifs is 1. The van der Waals surface area contributed by atoms with Crippen LogP contribution in [0.25, 0.3) is 0 Å². The van der Waals surface area contributed by atoms with E-state index in [1.807, 2.05) is 0 Å². The van der Waals surface area contributed by atoms with Gasteiger partial charge in [0, 0.05) is 25.2 Å². The van der Waals surface area contributed by atoms with Crippen LogP contribution in [0.1, 0.15) is 26.5 Å². The maximum atomic E-state index is 13.9. The normalized spacial score (nSPS) is 16.6. The Morgan fingerprint density at radius 1 is 1.07 bits per heavy atom. The molecule has 0 aliphatic carbocycles. The van der Waals surface area contributed by atoms with Crippen molar-refractivity contribution in [3.8, 4) is 5.75 Å². The van der Waals surface area contributed by atoms with E-state index in [1.165, 1.54) is 19.2 Å². The molecule has 0 bridgehead atoms. The van der Waals surface area contributed by atoms with Crippen LogP contribution < -0.4 is 4.74 Å². The third-order valence-corrected chi connectivity index (χ3v) is 5.00. The molecule has 0 saturated carbocycles. The molecule has 148 valence electrons. The molecule has 2 amide bonds. The van der Waals surface area contributed by atoms with E-state index in [0.717, 1.165) is 5.69 Å². The molecule has 2 aliphatic rings. The fourth-order valence-electron chi connectivity index (χ4n) is 3.45. The third kappa shape index (κ3) is 3.45. The van der Waals surface area contributed by atoms with Crippen LogP contribution in [0.4, 0.5) is 4.39 Å². The van der Waals surface area contributed by atoms with Crippen LogP contribution in [-0.4, -0.2) is 71.4 Å². The molecular formula is C19H21FN4O4. The van der Waals surface area contributed by atoms with E-state index < -0.39 is 5.82 Å². The van der Waals surface area contributed by atoms with Crippen molar-refractivity contribution in [3.05, 3.63) is 47.0 Å². The highest BCUT2D eigenvalue weighted by Crippen LogP contribution is 2.21. The van der Waals surface area contributed by atoms with E-state index in [9.17, 15) is 14.0 Å². The van der Waals surface area contributed by atoms with Gasteiger partial charge in [0.25, 0.3) is 11.8 Å². The van der Waals surface area contributed by atoms with Crippen molar-refractivity contribution in [1.29, 1.82) is 0 Å². The Hall–Kier alpha value is -2.94. The number of methoxy groups -OCH3 is 1. The Kier molecular flexibility index (Phi) is 4.99. The first-order valence-electron chi connectivity index (χ1n) is 9.13. The van der Waals surface area contributed by atoms with E-state index in [4.69, 9.17) is 9.47 Å². The number of carbonyl (C=O) groups is 2. The Labute approximate surface area is 161 Å². The van der Waals surface area contributed by atoms with Crippen molar-refractivity contribution in [3.63, 3.8) is 0 Å². The second kappa shape index (κ2) is 7.59. The Morgan fingerprint density at radius 3 is 2.57 bits per heavy atom. The molecule has 28 heavy (non-hydrogen) atoms. The fraction of sp³-hybridized carbons (Fsp3) is 0.421. The van der Waals surface area contributed by atoms with Crippen LogP contribution in [0.3, 0.4) is 0 Å². The standard InChI is InChI=1S/C19H21FN4O4/c1-27-17-3-2-13(10-15(17)20)18(25)23-4-5-24-14(12-23)11-16(21-24)19(26)22-6-8-28-9-7-22/h2-3,10-11H,4-9,12H2,1H3. The molecule has 1 saturated heterocycles. The van der Waals surface area contributed by atoms with Gasteiger partial charge in [-0.25, -0.2) is 4.39 Å². The van der Waals surface area contributed by atoms with E-state index >= 15 is 0 Å². The monoisotopic (exact) mass is 388 g/mol. The fourth-order valence-corrected chi connectivity index (χ4v) is 3.45. The van der Waals surface area contributed by atoms with Crippen LogP contribution in [0.5, 0.6) is 5.75 Å². The van der Waals surface area contributed by atoms with Gasteiger partial charge in [-0.2, -0.15) is 5.10 Å². The van der Waals surface area contributed by atoms with Crippen LogP contribution in [0, 0.1) is 5.82 Å². The zero-order valence-electron chi connectivity index (χ0n) is 15.6. The van der Waals surface area contributed by atoms with Crippen LogP contribution in [0.2, 0.25) is 0 Å². The van der Waals surface area contributed by atoms with Crippen LogP contribution in [0.15, 0.2) is 24.3 Å². The average Bonchev–Trinajstić information content (AvgIpc) is 3.16. The second-order valence-corrected chi connectivity index (χ2v) is 6.72. The summed E-state index contributed by atoms with van der Waals surface area (Å²) >= 11 is 0. The van der Waals surface area contributed by atoms with E-state index in [1.54, 1.807) is 26.6 Å². The highest BCUT2D eigenvalue weighted by Gasteiger charge is 2.27. The van der Waals surface area contributed by atoms with Gasteiger partial charge in [0.1, 0.15) is 0 Å². The molecule has 2 aromatic rings. The van der Waals surface area contributed by atoms with Crippen molar-refractivity contribution >= 4 is 11.8 Å². The van der Waals surface area contributed by atoms with Crippen molar-refractivity contribution in [2.45, 2.75) is 13.1 Å². The lowest BCUT2D eigenvalue weighted by atomic mass is 10.1. The maximum Gasteiger partial charge on any atom is 0.274 e. The molecule has 0 spiro atoms. The number of carbonyl (C=O) groups excluding carboxylic acids is 2. The van der Waals surface area contributed by atoms with Crippen molar-refractivity contribution < 1.29 is 23.5 Å². The number of halogens is 1. The van der Waals surface area contributed by atoms with Gasteiger partial charge in [0.15, 0.2) is 17.3 Å². The van der Waals surface area contributed by atoms with E-state index in [2.05, 4.69) is 5.10 Å². The highest BCUT2D eigenvalue weighted by atomic mass is 19.1. The van der Waals surface area contributed by atoms with Crippen LogP contribution in [-0.2, 0) is 17.8 Å². The van der Waals surface area contributed by atoms with Gasteiger partial charge in [-0.05, 0) is 24.3 Å². The summed E-state index contributed by atoms with van der Waals surface area (Å²) in [4.78, 5) is 28.7. The van der Waals surface area contributed by atoms with Gasteiger partial charge >= 0.3 is 0 Å². The van der Waals surface area contributed by atoms with Gasteiger partial charge in [-0.15, -0.1) is 0 Å². The molecule has 0 unspecified atom stereocenters. The first-order valence-corrected chi connectivity index (χ1v) is 9.13. The summed E-state index contributed by atoms with van der Waals surface area (Å²) in [6.07, 6.45) is 0. The molecule has 9 heteroatoms. The number of ether oxygens (including phenoxy) is 2. The number of aromatic nitrogens is 2. The minimum atomic E-state index is -0.575. The highest BCUT2D eigenvalue weighted by molar-refractivity contribution is 5.95. The molecule has 1 aromatic heterocycles. The van der Waals surface area contributed by atoms with E-state index in [0.29, 0.717) is 51.6 Å². The molecule has 0 atom stereocenters. The first-order chi connectivity index (χ1) is 13.6. The van der Waals surface area contributed by atoms with E-state index in [-0.39, 0.29) is 23.1 Å². The van der Waals surface area contributed by atoms with Crippen molar-refractivity contribution in [1.82, 2.24) is 19.6 Å². The Balaban J connectivity index is 1.48. The number of benzene rings is 1. The molecule has 4 rings (SSSR count). The summed E-state index contributed by atoms with van der Waals surface area (Å²) in [5, 5.41) is 4.40. The van der Waals surface area contributed by atoms with Crippen molar-refractivity contribution in [2.24, 2.45) is 0 Å². The summed E-state index contributed by atoms with van der Waals surface area (Å²) < 4.78 is 25.8. The molecule has 8 nitrogen and oxygen atoms in total. The van der Waals surface area contributed by atoms with Gasteiger partial charge in [-0.3, -0.25) is 14.3 Å². The minimum absolute atomic E-state index is 0.0968. The maximum absolute atomic E-state index is 13.9. The smallest absolute Gasteiger partial charge is 0.274 e. The first kappa shape index (κ1) is 18.4. The minimum Gasteiger partial charge on any atom is -0.494 e. The molecule has 2 aliphatic heterocycles. The quantitative estimate of drug-likeness (QED) is 0.789. The lowest BCUT2D eigenvalue weighted by Gasteiger charge is -2.27. The summed E-state index contributed by atoms with van der Waals surface area (Å²) in [5.41, 5.74) is 1.42. The number of amides is 2. The predicted octanol–water partition coefficient (Wildman–Crippen LogP) is 1.16. The summed E-state index contributed by atoms with van der Waals surface area (Å²) in [5.74, 6) is -0.872. The molecule has 1 aromatic carbocycles. The largest absolute Gasteiger partial charge is 0.494 e.